The van der Waals surface area contributed by atoms with Crippen molar-refractivity contribution in [1.29, 1.82) is 0 Å². The number of rotatable bonds is 4. The smallest absolute Gasteiger partial charge is 0.423 e. The maximum atomic E-state index is 14.5. The molecule has 4 atom stereocenters. The van der Waals surface area contributed by atoms with Gasteiger partial charge in [-0.2, -0.15) is 17.6 Å². The number of likely N-dealkylation sites (N-methyl/N-ethyl adjacent to an activating group) is 4. The number of fused-ring (bicyclic) bond motifs is 16. The van der Waals surface area contributed by atoms with Crippen molar-refractivity contribution in [1.82, 2.24) is 39.5 Å². The lowest BCUT2D eigenvalue weighted by Crippen LogP contribution is -2.49. The van der Waals surface area contributed by atoms with E-state index in [2.05, 4.69) is 151 Å². The molecule has 2 unspecified atom stereocenters. The standard InChI is InChI=1S/3C27H25FN4O.C22H22BrN3O.C5H5BFNO2.CH4/c3*1-32-24(33)27(31-25(32)29)22-15-19(21-7-4-14-30-23(21)28)8-9-20(22)16-26(27)12-10-17-5-2-3-6-18(17)11-13-26;1-26-19(27)22(25-20(26)24)18-12-17(23)7-6-16(18)13-21(22)10-8-14-4-2-3-5-15(14)9-11-21;7-5-4(6(9)10)2-1-3-8-5;/h3*2-9,14-15H,10-13,16H2,1H3,(H2,29,31);2-7,12H,8-11,13H2,1H3,(H2,24,25);1-3,9-10H;1H4/t2*27-;;;;/m10..../s1. The largest absolute Gasteiger partial charge is 0.493 e. The molecule has 4 aliphatic heterocycles. The number of hydrogen-bond acceptors (Lipinski definition) is 18. The van der Waals surface area contributed by atoms with Crippen LogP contribution < -0.4 is 28.4 Å². The molecule has 696 valence electrons. The monoisotopic (exact) mass is 1900 g/mol. The summed E-state index contributed by atoms with van der Waals surface area (Å²) in [5.41, 5.74) is 41.5. The highest BCUT2D eigenvalue weighted by Crippen LogP contribution is 2.66. The number of amides is 4. The number of aliphatic imine (C=N–C) groups is 4. The van der Waals surface area contributed by atoms with Gasteiger partial charge in [0.2, 0.25) is 23.8 Å². The normalized spacial score (nSPS) is 22.3. The van der Waals surface area contributed by atoms with Gasteiger partial charge in [-0.25, -0.2) is 39.9 Å². The zero-order valence-electron chi connectivity index (χ0n) is 75.9. The zero-order chi connectivity index (χ0) is 94.8. The van der Waals surface area contributed by atoms with Crippen molar-refractivity contribution in [2.45, 2.75) is 158 Å². The summed E-state index contributed by atoms with van der Waals surface area (Å²) >= 11 is 3.59. The molecule has 0 radical (unpaired) electrons. The van der Waals surface area contributed by atoms with E-state index >= 15 is 0 Å². The van der Waals surface area contributed by atoms with Gasteiger partial charge in [0.25, 0.3) is 23.6 Å². The topological polar surface area (TPSA) is 327 Å². The second kappa shape index (κ2) is 35.5. The van der Waals surface area contributed by atoms with Crippen molar-refractivity contribution >= 4 is 76.0 Å². The summed E-state index contributed by atoms with van der Waals surface area (Å²) in [5.74, 6) is -1.62. The van der Waals surface area contributed by atoms with Gasteiger partial charge in [0.1, 0.15) is 0 Å². The van der Waals surface area contributed by atoms with E-state index in [1.54, 1.807) is 64.6 Å². The van der Waals surface area contributed by atoms with Gasteiger partial charge in [-0.3, -0.25) is 38.8 Å². The quantitative estimate of drug-likeness (QED) is 0.0542. The lowest BCUT2D eigenvalue weighted by atomic mass is 9.65. The highest BCUT2D eigenvalue weighted by atomic mass is 79.9. The van der Waals surface area contributed by atoms with Crippen LogP contribution in [0.2, 0.25) is 0 Å². The van der Waals surface area contributed by atoms with E-state index in [1.165, 1.54) is 107 Å². The fourth-order valence-corrected chi connectivity index (χ4v) is 25.1. The third-order valence-corrected chi connectivity index (χ3v) is 32.3. The van der Waals surface area contributed by atoms with Gasteiger partial charge < -0.3 is 33.0 Å². The van der Waals surface area contributed by atoms with E-state index in [-0.39, 0.29) is 76.1 Å². The average Bonchev–Trinajstić information content (AvgIpc) is 1.54. The Bertz CT molecular complexity index is 6460. The Hall–Kier alpha value is -13.7. The van der Waals surface area contributed by atoms with Gasteiger partial charge in [-0.15, -0.1) is 0 Å². The first-order valence-electron chi connectivity index (χ1n) is 46.3. The Labute approximate surface area is 801 Å². The lowest BCUT2D eigenvalue weighted by Gasteiger charge is -2.40. The molecule has 4 amide bonds. The number of hydrogen-bond donors (Lipinski definition) is 6. The Kier molecular flexibility index (Phi) is 23.9. The van der Waals surface area contributed by atoms with Crippen LogP contribution in [0, 0.1) is 45.5 Å². The summed E-state index contributed by atoms with van der Waals surface area (Å²) in [6, 6.07) is 71.2. The van der Waals surface area contributed by atoms with Gasteiger partial charge in [0.15, 0.2) is 46.0 Å². The Balaban J connectivity index is 0.000000113. The highest BCUT2D eigenvalue weighted by Gasteiger charge is 2.70. The number of carbonyl (C=O) groups excluding carboxylic acids is 4. The minimum atomic E-state index is -1.78. The molecule has 8 aromatic carbocycles. The molecule has 10 N–H and O–H groups in total. The minimum Gasteiger partial charge on any atom is -0.423 e. The van der Waals surface area contributed by atoms with Crippen molar-refractivity contribution in [3.63, 3.8) is 0 Å². The second-order valence-electron chi connectivity index (χ2n) is 38.3. The van der Waals surface area contributed by atoms with E-state index in [1.807, 2.05) is 54.6 Å². The molecular formula is C109H106BBrF4N16O6. The highest BCUT2D eigenvalue weighted by molar-refractivity contribution is 9.10. The Morgan fingerprint density at radius 2 is 0.533 bits per heavy atom. The van der Waals surface area contributed by atoms with Crippen LogP contribution in [-0.2, 0) is 118 Å². The van der Waals surface area contributed by atoms with Crippen LogP contribution in [0.25, 0.3) is 33.4 Å². The molecule has 0 bridgehead atoms. The van der Waals surface area contributed by atoms with Gasteiger partial charge in [0, 0.05) is 101 Å². The van der Waals surface area contributed by atoms with E-state index < -0.39 is 53.1 Å². The molecule has 8 heterocycles. The van der Waals surface area contributed by atoms with E-state index in [0.29, 0.717) is 39.3 Å². The summed E-state index contributed by atoms with van der Waals surface area (Å²) < 4.78 is 56.9. The fourth-order valence-electron chi connectivity index (χ4n) is 24.7. The predicted octanol–water partition coefficient (Wildman–Crippen LogP) is 15.1. The molecule has 12 aliphatic rings. The Morgan fingerprint density at radius 3 is 0.745 bits per heavy atom. The van der Waals surface area contributed by atoms with Gasteiger partial charge >= 0.3 is 7.12 Å². The zero-order valence-corrected chi connectivity index (χ0v) is 77.5. The van der Waals surface area contributed by atoms with Gasteiger partial charge in [-0.1, -0.05) is 169 Å². The number of nitrogens with zero attached hydrogens (tertiary/aromatic N) is 12. The van der Waals surface area contributed by atoms with Crippen LogP contribution in [0.1, 0.15) is 148 Å². The first-order chi connectivity index (χ1) is 65.5. The van der Waals surface area contributed by atoms with Gasteiger partial charge in [0.05, 0.1) is 0 Å². The second-order valence-corrected chi connectivity index (χ2v) is 39.2. The van der Waals surface area contributed by atoms with Crippen molar-refractivity contribution in [3.8, 4) is 33.4 Å². The predicted molar refractivity (Wildman–Crippen MR) is 525 cm³/mol. The maximum Gasteiger partial charge on any atom is 0.493 e. The number of carbonyl (C=O) groups is 4. The van der Waals surface area contributed by atoms with Crippen LogP contribution in [-0.4, -0.2) is 132 Å². The van der Waals surface area contributed by atoms with Crippen LogP contribution >= 0.6 is 15.9 Å². The molecule has 24 rings (SSSR count). The van der Waals surface area contributed by atoms with Crippen LogP contribution in [0.4, 0.5) is 17.6 Å². The summed E-state index contributed by atoms with van der Waals surface area (Å²) in [5, 5.41) is 17.0. The average molecular weight is 1900 g/mol. The molecular weight excluding hydrogens is 1800 g/mol. The molecule has 137 heavy (non-hydrogen) atoms. The first kappa shape index (κ1) is 92.4. The molecule has 0 saturated carbocycles. The van der Waals surface area contributed by atoms with Crippen molar-refractivity contribution in [2.24, 2.45) is 64.6 Å². The number of benzene rings is 8. The molecule has 8 spiro atoms. The SMILES string of the molecule is C.CN1C(=O)C2(N=C1N)c1cc(-c3cccnc3F)ccc1CC21CCc2ccccc2CC1.CN1C(=O)C2(N=C1N)c1cc(Br)ccc1CC21CCc2ccccc2CC1.CN1C(=O)[C@@]2(N=C1N)c1cc(-c3cccnc3F)ccc1CC21CCc2ccccc2CC1.CN1C(=O)[C@]2(N=C1N)c1cc(-c3cccnc3F)ccc1CC21CCc2ccccc2CC1.OB(O)c1cccnc1F. The van der Waals surface area contributed by atoms with Crippen LogP contribution in [0.5, 0.6) is 0 Å². The first-order valence-corrected chi connectivity index (χ1v) is 47.1. The molecule has 28 heteroatoms. The number of aryl methyl sites for hydroxylation is 8. The molecule has 12 aromatic rings. The summed E-state index contributed by atoms with van der Waals surface area (Å²) in [7, 11) is 5.03. The van der Waals surface area contributed by atoms with E-state index in [0.717, 1.165) is 172 Å². The number of pyridine rings is 4. The van der Waals surface area contributed by atoms with Crippen molar-refractivity contribution < 1.29 is 46.8 Å². The lowest BCUT2D eigenvalue weighted by molar-refractivity contribution is -0.136. The number of nitrogens with two attached hydrogens (primary N) is 4. The van der Waals surface area contributed by atoms with Crippen LogP contribution in [0.3, 0.4) is 0 Å². The van der Waals surface area contributed by atoms with E-state index in [4.69, 9.17) is 53.0 Å². The van der Waals surface area contributed by atoms with Crippen LogP contribution in [0.15, 0.2) is 268 Å². The van der Waals surface area contributed by atoms with E-state index in [9.17, 15) is 36.7 Å². The molecule has 0 fully saturated rings. The number of guanidine groups is 4. The number of aromatic nitrogens is 4. The minimum absolute atomic E-state index is 0. The third-order valence-electron chi connectivity index (χ3n) is 31.8. The Morgan fingerprint density at radius 1 is 0.307 bits per heavy atom. The molecule has 0 saturated heterocycles. The molecule has 22 nitrogen and oxygen atoms in total. The summed E-state index contributed by atoms with van der Waals surface area (Å²) in [6.45, 7) is 0. The summed E-state index contributed by atoms with van der Waals surface area (Å²) in [6.07, 6.45) is 22.9. The van der Waals surface area contributed by atoms with Crippen molar-refractivity contribution in [2.75, 3.05) is 28.2 Å². The molecule has 8 aliphatic carbocycles. The maximum absolute atomic E-state index is 14.5. The number of halogens is 5. The van der Waals surface area contributed by atoms with Crippen molar-refractivity contribution in [3.05, 3.63) is 360 Å². The fraction of sp³-hybridized carbons (Fsp3) is 0.303. The third kappa shape index (κ3) is 14.8. The molecule has 4 aromatic heterocycles. The summed E-state index contributed by atoms with van der Waals surface area (Å²) in [4.78, 5) is 95.6. The van der Waals surface area contributed by atoms with Gasteiger partial charge in [-0.05, 0) is 307 Å².